The summed E-state index contributed by atoms with van der Waals surface area (Å²) < 4.78 is 1.36. The van der Waals surface area contributed by atoms with Crippen molar-refractivity contribution in [3.8, 4) is 0 Å². The fourth-order valence-corrected chi connectivity index (χ4v) is 2.83. The van der Waals surface area contributed by atoms with Crippen molar-refractivity contribution in [2.75, 3.05) is 5.01 Å². The summed E-state index contributed by atoms with van der Waals surface area (Å²) in [6, 6.07) is 19.5. The highest BCUT2D eigenvalue weighted by molar-refractivity contribution is 6.33. The van der Waals surface area contributed by atoms with Gasteiger partial charge < -0.3 is 0 Å². The normalized spacial score (nSPS) is 11.0. The first-order chi connectivity index (χ1) is 12.7. The number of benzene rings is 2. The van der Waals surface area contributed by atoms with Crippen molar-refractivity contribution in [1.82, 2.24) is 9.78 Å². The summed E-state index contributed by atoms with van der Waals surface area (Å²) in [7, 11) is 0. The minimum absolute atomic E-state index is 0.109. The predicted molar refractivity (Wildman–Crippen MR) is 106 cm³/mol. The third kappa shape index (κ3) is 4.18. The van der Waals surface area contributed by atoms with Gasteiger partial charge in [0.25, 0.3) is 5.56 Å². The Kier molecular flexibility index (Phi) is 5.81. The fourth-order valence-electron chi connectivity index (χ4n) is 2.59. The van der Waals surface area contributed by atoms with Crippen LogP contribution in [-0.4, -0.2) is 16.0 Å². The summed E-state index contributed by atoms with van der Waals surface area (Å²) in [6.45, 7) is 2.68. The lowest BCUT2D eigenvalue weighted by atomic mass is 10.2. The van der Waals surface area contributed by atoms with Gasteiger partial charge in [0.2, 0.25) is 0 Å². The molecule has 0 bridgehead atoms. The number of anilines is 1. The highest BCUT2D eigenvalue weighted by Crippen LogP contribution is 2.23. The molecule has 0 radical (unpaired) electrons. The van der Waals surface area contributed by atoms with Crippen LogP contribution in [0.4, 0.5) is 5.69 Å². The predicted octanol–water partition coefficient (Wildman–Crippen LogP) is 3.96. The van der Waals surface area contributed by atoms with Crippen LogP contribution in [0, 0.1) is 0 Å². The third-order valence-electron chi connectivity index (χ3n) is 3.85. The zero-order valence-electron chi connectivity index (χ0n) is 14.4. The molecule has 3 rings (SSSR count). The smallest absolute Gasteiger partial charge is 0.266 e. The quantitative estimate of drug-likeness (QED) is 0.490. The first-order valence-electron chi connectivity index (χ1n) is 8.28. The van der Waals surface area contributed by atoms with Crippen molar-refractivity contribution < 1.29 is 0 Å². The number of hydrogen-bond acceptors (Lipinski definition) is 4. The molecule has 1 aromatic heterocycles. The van der Waals surface area contributed by atoms with Crippen LogP contribution in [0.15, 0.2) is 76.8 Å². The molecular weight excluding hydrogens is 348 g/mol. The van der Waals surface area contributed by atoms with E-state index in [0.717, 1.165) is 11.1 Å². The lowest BCUT2D eigenvalue weighted by Crippen LogP contribution is -2.27. The number of nitrogens with zero attached hydrogens (tertiary/aromatic N) is 4. The molecular formula is C20H19ClN4O. The van der Waals surface area contributed by atoms with Gasteiger partial charge in [0.05, 0.1) is 19.3 Å². The first kappa shape index (κ1) is 17.9. The summed E-state index contributed by atoms with van der Waals surface area (Å²) in [4.78, 5) is 12.6. The molecule has 0 aliphatic rings. The highest BCUT2D eigenvalue weighted by Gasteiger charge is 2.15. The second-order valence-corrected chi connectivity index (χ2v) is 6.09. The molecule has 0 aliphatic carbocycles. The molecule has 2 aromatic carbocycles. The Morgan fingerprint density at radius 3 is 2.31 bits per heavy atom. The second kappa shape index (κ2) is 8.45. The summed E-state index contributed by atoms with van der Waals surface area (Å²) in [5.41, 5.74) is 2.20. The lowest BCUT2D eigenvalue weighted by molar-refractivity contribution is 0.636. The zero-order chi connectivity index (χ0) is 18.4. The molecule has 0 fully saturated rings. The van der Waals surface area contributed by atoms with E-state index in [1.807, 2.05) is 67.6 Å². The standard InChI is InChI=1S/C20H19ClN4O/c1-2-22-24(14-16-9-5-3-6-10-16)18-13-23-25(20(26)19(18)21)15-17-11-7-4-8-12-17/h2-13H,14-15H2,1H3/b22-2+. The second-order valence-electron chi connectivity index (χ2n) is 5.71. The Labute approximate surface area is 157 Å². The van der Waals surface area contributed by atoms with E-state index in [2.05, 4.69) is 10.2 Å². The van der Waals surface area contributed by atoms with Gasteiger partial charge >= 0.3 is 0 Å². The van der Waals surface area contributed by atoms with Crippen molar-refractivity contribution in [2.24, 2.45) is 5.10 Å². The van der Waals surface area contributed by atoms with E-state index in [0.29, 0.717) is 18.8 Å². The molecule has 0 N–H and O–H groups in total. The van der Waals surface area contributed by atoms with Gasteiger partial charge in [0.1, 0.15) is 10.7 Å². The van der Waals surface area contributed by atoms with Gasteiger partial charge in [-0.25, -0.2) is 4.68 Å². The third-order valence-corrected chi connectivity index (χ3v) is 4.21. The Hall–Kier alpha value is -2.92. The van der Waals surface area contributed by atoms with E-state index in [-0.39, 0.29) is 10.6 Å². The van der Waals surface area contributed by atoms with E-state index < -0.39 is 0 Å². The SMILES string of the molecule is C/C=N/N(Cc1ccccc1)c1cnn(Cc2ccccc2)c(=O)c1Cl. The molecule has 0 amide bonds. The van der Waals surface area contributed by atoms with E-state index in [1.54, 1.807) is 17.4 Å². The number of halogens is 1. The Morgan fingerprint density at radius 1 is 1.08 bits per heavy atom. The lowest BCUT2D eigenvalue weighted by Gasteiger charge is -2.20. The van der Waals surface area contributed by atoms with Gasteiger partial charge in [-0.05, 0) is 18.1 Å². The molecule has 0 saturated carbocycles. The highest BCUT2D eigenvalue weighted by atomic mass is 35.5. The molecule has 132 valence electrons. The number of hydrazone groups is 1. The number of aromatic nitrogens is 2. The van der Waals surface area contributed by atoms with Crippen LogP contribution in [0.3, 0.4) is 0 Å². The number of hydrogen-bond donors (Lipinski definition) is 0. The average Bonchev–Trinajstić information content (AvgIpc) is 2.67. The molecule has 0 aliphatic heterocycles. The van der Waals surface area contributed by atoms with Crippen LogP contribution in [0.2, 0.25) is 5.02 Å². The van der Waals surface area contributed by atoms with Gasteiger partial charge in [-0.1, -0.05) is 72.3 Å². The summed E-state index contributed by atoms with van der Waals surface area (Å²) in [5, 5.41) is 10.4. The van der Waals surface area contributed by atoms with Crippen LogP contribution < -0.4 is 10.6 Å². The van der Waals surface area contributed by atoms with Crippen molar-refractivity contribution >= 4 is 23.5 Å². The maximum Gasteiger partial charge on any atom is 0.288 e. The summed E-state index contributed by atoms with van der Waals surface area (Å²) in [6.07, 6.45) is 3.25. The molecule has 3 aromatic rings. The van der Waals surface area contributed by atoms with Gasteiger partial charge in [-0.2, -0.15) is 10.2 Å². The van der Waals surface area contributed by atoms with Crippen molar-refractivity contribution in [1.29, 1.82) is 0 Å². The molecule has 1 heterocycles. The zero-order valence-corrected chi connectivity index (χ0v) is 15.2. The van der Waals surface area contributed by atoms with Crippen LogP contribution in [-0.2, 0) is 13.1 Å². The largest absolute Gasteiger partial charge is 0.288 e. The maximum absolute atomic E-state index is 12.6. The monoisotopic (exact) mass is 366 g/mol. The molecule has 6 heteroatoms. The van der Waals surface area contributed by atoms with E-state index >= 15 is 0 Å². The van der Waals surface area contributed by atoms with E-state index in [9.17, 15) is 4.79 Å². The maximum atomic E-state index is 12.6. The summed E-state index contributed by atoms with van der Waals surface area (Å²) in [5.74, 6) is 0. The topological polar surface area (TPSA) is 50.5 Å². The molecule has 0 unspecified atom stereocenters. The minimum Gasteiger partial charge on any atom is -0.266 e. The molecule has 0 spiro atoms. The molecule has 5 nitrogen and oxygen atoms in total. The van der Waals surface area contributed by atoms with Crippen molar-refractivity contribution in [3.05, 3.63) is 93.4 Å². The van der Waals surface area contributed by atoms with Crippen LogP contribution in [0.5, 0.6) is 0 Å². The Bertz CT molecular complexity index is 939. The van der Waals surface area contributed by atoms with E-state index in [4.69, 9.17) is 11.6 Å². The van der Waals surface area contributed by atoms with E-state index in [1.165, 1.54) is 4.68 Å². The van der Waals surface area contributed by atoms with Gasteiger partial charge in [0.15, 0.2) is 0 Å². The average molecular weight is 367 g/mol. The molecule has 26 heavy (non-hydrogen) atoms. The first-order valence-corrected chi connectivity index (χ1v) is 8.66. The molecule has 0 saturated heterocycles. The van der Waals surface area contributed by atoms with Crippen LogP contribution >= 0.6 is 11.6 Å². The van der Waals surface area contributed by atoms with Gasteiger partial charge in [-0.3, -0.25) is 9.80 Å². The van der Waals surface area contributed by atoms with Crippen LogP contribution in [0.25, 0.3) is 0 Å². The summed E-state index contributed by atoms with van der Waals surface area (Å²) >= 11 is 6.37. The Morgan fingerprint density at radius 2 is 1.69 bits per heavy atom. The van der Waals surface area contributed by atoms with Crippen LogP contribution in [0.1, 0.15) is 18.1 Å². The molecule has 0 atom stereocenters. The van der Waals surface area contributed by atoms with Crippen molar-refractivity contribution in [2.45, 2.75) is 20.0 Å². The number of rotatable bonds is 6. The minimum atomic E-state index is -0.336. The Balaban J connectivity index is 1.91. The fraction of sp³-hybridized carbons (Fsp3) is 0.150. The van der Waals surface area contributed by atoms with Crippen molar-refractivity contribution in [3.63, 3.8) is 0 Å². The van der Waals surface area contributed by atoms with Gasteiger partial charge in [0, 0.05) is 6.21 Å². The van der Waals surface area contributed by atoms with Gasteiger partial charge in [-0.15, -0.1) is 0 Å².